The molecule has 0 amide bonds. The Morgan fingerprint density at radius 3 is 2.58 bits per heavy atom. The first-order valence-corrected chi connectivity index (χ1v) is 11.1. The minimum Gasteiger partial charge on any atom is -0.192 e. The normalized spacial score (nSPS) is 13.6. The summed E-state index contributed by atoms with van der Waals surface area (Å²) in [6.07, 6.45) is 7.60. The van der Waals surface area contributed by atoms with Crippen molar-refractivity contribution in [3.63, 3.8) is 0 Å². The number of nitrogens with zero attached hydrogens (tertiary/aromatic N) is 1. The van der Waals surface area contributed by atoms with E-state index in [1.165, 1.54) is 40.4 Å². The van der Waals surface area contributed by atoms with E-state index in [1.807, 2.05) is 0 Å². The summed E-state index contributed by atoms with van der Waals surface area (Å²) in [4.78, 5) is 0. The third kappa shape index (κ3) is 3.98. The van der Waals surface area contributed by atoms with E-state index in [2.05, 4.69) is 68.7 Å². The van der Waals surface area contributed by atoms with E-state index in [1.54, 1.807) is 0 Å². The summed E-state index contributed by atoms with van der Waals surface area (Å²) in [6, 6.07) is 15.6. The van der Waals surface area contributed by atoms with Crippen molar-refractivity contribution in [3.05, 3.63) is 82.4 Å². The zero-order valence-corrected chi connectivity index (χ0v) is 16.7. The lowest BCUT2D eigenvalue weighted by Crippen LogP contribution is -2.06. The van der Waals surface area contributed by atoms with Crippen LogP contribution in [0.15, 0.2) is 49.1 Å². The molecule has 0 saturated carbocycles. The highest BCUT2D eigenvalue weighted by Gasteiger charge is 2.19. The molecule has 0 spiro atoms. The van der Waals surface area contributed by atoms with Gasteiger partial charge in [0, 0.05) is 5.56 Å². The van der Waals surface area contributed by atoms with Gasteiger partial charge in [-0.3, -0.25) is 0 Å². The van der Waals surface area contributed by atoms with Gasteiger partial charge in [0.1, 0.15) is 0 Å². The molecule has 1 aliphatic rings. The molecule has 2 aromatic rings. The summed E-state index contributed by atoms with van der Waals surface area (Å²) in [7, 11) is 0.997. The summed E-state index contributed by atoms with van der Waals surface area (Å²) in [6.45, 7) is 8.68. The molecule has 26 heavy (non-hydrogen) atoms. The number of benzene rings is 2. The predicted molar refractivity (Wildman–Crippen MR) is 115 cm³/mol. The number of rotatable bonds is 6. The zero-order valence-electron chi connectivity index (χ0n) is 15.7. The van der Waals surface area contributed by atoms with Gasteiger partial charge in [-0.15, -0.1) is 8.58 Å². The molecule has 0 heterocycles. The van der Waals surface area contributed by atoms with Crippen molar-refractivity contribution in [1.82, 2.24) is 0 Å². The van der Waals surface area contributed by atoms with Crippen molar-refractivity contribution >= 4 is 19.7 Å². The number of hydrogen-bond acceptors (Lipinski definition) is 1. The van der Waals surface area contributed by atoms with Crippen molar-refractivity contribution in [2.45, 2.75) is 32.6 Å². The lowest BCUT2D eigenvalue weighted by molar-refractivity contribution is 0.927. The van der Waals surface area contributed by atoms with E-state index < -0.39 is 0 Å². The molecule has 0 aromatic heterocycles. The number of fused-ring (bicyclic) bond motifs is 1. The Morgan fingerprint density at radius 1 is 1.15 bits per heavy atom. The topological polar surface area (TPSA) is 23.8 Å². The van der Waals surface area contributed by atoms with Crippen LogP contribution in [-0.4, -0.2) is 12.8 Å². The highest BCUT2D eigenvalue weighted by atomic mass is 31.1. The molecule has 0 aliphatic heterocycles. The van der Waals surface area contributed by atoms with Gasteiger partial charge in [0.05, 0.1) is 11.6 Å². The molecule has 2 aromatic carbocycles. The Kier molecular flexibility index (Phi) is 6.08. The predicted octanol–water partition coefficient (Wildman–Crippen LogP) is 6.01. The first kappa shape index (κ1) is 18.6. The molecule has 0 radical (unpaired) electrons. The van der Waals surface area contributed by atoms with Crippen LogP contribution in [0.25, 0.3) is 11.1 Å². The van der Waals surface area contributed by atoms with Crippen molar-refractivity contribution in [2.24, 2.45) is 0 Å². The number of aryl methyl sites for hydroxylation is 2. The van der Waals surface area contributed by atoms with Crippen molar-refractivity contribution < 1.29 is 0 Å². The average molecular weight is 359 g/mol. The van der Waals surface area contributed by atoms with E-state index in [0.717, 1.165) is 44.5 Å². The molecular weight excluding hydrogens is 333 g/mol. The summed E-state index contributed by atoms with van der Waals surface area (Å²) in [5.74, 6) is 0. The Balaban J connectivity index is 1.94. The fourth-order valence-electron chi connectivity index (χ4n) is 3.67. The molecule has 1 unspecified atom stereocenters. The van der Waals surface area contributed by atoms with Gasteiger partial charge in [-0.05, 0) is 78.0 Å². The van der Waals surface area contributed by atoms with Gasteiger partial charge in [-0.25, -0.2) is 0 Å². The lowest BCUT2D eigenvalue weighted by atomic mass is 9.82. The first-order valence-electron chi connectivity index (χ1n) is 9.36. The van der Waals surface area contributed by atoms with Crippen LogP contribution in [0.4, 0.5) is 0 Å². The highest BCUT2D eigenvalue weighted by molar-refractivity contribution is 7.36. The van der Waals surface area contributed by atoms with E-state index in [0.29, 0.717) is 0 Å². The minimum atomic E-state index is 0.776. The van der Waals surface area contributed by atoms with Crippen LogP contribution in [0.1, 0.15) is 46.7 Å². The van der Waals surface area contributed by atoms with Crippen LogP contribution in [0.5, 0.6) is 0 Å². The quantitative estimate of drug-likeness (QED) is 0.457. The molecule has 3 rings (SSSR count). The average Bonchev–Trinajstić information content (AvgIpc) is 2.67. The molecule has 1 atom stereocenters. The summed E-state index contributed by atoms with van der Waals surface area (Å²) in [5.41, 5.74) is 9.22. The minimum absolute atomic E-state index is 0.776. The monoisotopic (exact) mass is 359 g/mol. The Labute approximate surface area is 159 Å². The number of hydrogen-bond donors (Lipinski definition) is 0. The van der Waals surface area contributed by atoms with Gasteiger partial charge < -0.3 is 0 Å². The molecule has 1 aliphatic carbocycles. The maximum Gasteiger partial charge on any atom is 0.0998 e. The van der Waals surface area contributed by atoms with Crippen molar-refractivity contribution in [2.75, 3.05) is 12.8 Å². The van der Waals surface area contributed by atoms with Crippen LogP contribution in [0.2, 0.25) is 0 Å². The van der Waals surface area contributed by atoms with Crippen molar-refractivity contribution in [1.29, 1.82) is 5.26 Å². The largest absolute Gasteiger partial charge is 0.192 e. The fraction of sp³-hybridized carbons (Fsp3) is 0.292. The molecular formula is C24H26NP. The standard InChI is InChI=1S/C24H26NP/c1-4-18-7-9-20(10-8-18)21-12-17(2)24-22(15-21)13-19(6-5-11-26-3)14-23(24)16-25/h7-10,12-14,26H,2,4-6,11,15H2,1,3H3. The smallest absolute Gasteiger partial charge is 0.0998 e. The van der Waals surface area contributed by atoms with E-state index in [9.17, 15) is 5.26 Å². The molecule has 0 fully saturated rings. The lowest BCUT2D eigenvalue weighted by Gasteiger charge is -2.22. The molecule has 2 heteroatoms. The Hall–Kier alpha value is -2.16. The molecule has 1 nitrogen and oxygen atoms in total. The molecule has 0 N–H and O–H groups in total. The Bertz CT molecular complexity index is 882. The van der Waals surface area contributed by atoms with Gasteiger partial charge in [0.25, 0.3) is 0 Å². The number of allylic oxidation sites excluding steroid dienone is 3. The summed E-state index contributed by atoms with van der Waals surface area (Å²) >= 11 is 0. The maximum atomic E-state index is 9.64. The van der Waals surface area contributed by atoms with E-state index in [-0.39, 0.29) is 0 Å². The maximum absolute atomic E-state index is 9.64. The third-order valence-corrected chi connectivity index (χ3v) is 5.93. The highest BCUT2D eigenvalue weighted by Crippen LogP contribution is 2.36. The van der Waals surface area contributed by atoms with E-state index >= 15 is 0 Å². The van der Waals surface area contributed by atoms with Gasteiger partial charge in [-0.1, -0.05) is 49.9 Å². The Morgan fingerprint density at radius 2 is 1.92 bits per heavy atom. The second-order valence-corrected chi connectivity index (χ2v) is 8.13. The second kappa shape index (κ2) is 8.48. The summed E-state index contributed by atoms with van der Waals surface area (Å²) in [5, 5.41) is 9.64. The van der Waals surface area contributed by atoms with Gasteiger partial charge >= 0.3 is 0 Å². The van der Waals surface area contributed by atoms with Crippen LogP contribution < -0.4 is 0 Å². The van der Waals surface area contributed by atoms with Gasteiger partial charge in [-0.2, -0.15) is 5.26 Å². The zero-order chi connectivity index (χ0) is 18.5. The third-order valence-electron chi connectivity index (χ3n) is 5.08. The molecule has 0 saturated heterocycles. The van der Waals surface area contributed by atoms with Crippen LogP contribution in [0.3, 0.4) is 0 Å². The molecule has 0 bridgehead atoms. The van der Waals surface area contributed by atoms with Crippen LogP contribution >= 0.6 is 8.58 Å². The van der Waals surface area contributed by atoms with Crippen molar-refractivity contribution in [3.8, 4) is 6.07 Å². The van der Waals surface area contributed by atoms with E-state index in [4.69, 9.17) is 0 Å². The summed E-state index contributed by atoms with van der Waals surface area (Å²) < 4.78 is 0. The fourth-order valence-corrected chi connectivity index (χ4v) is 4.20. The van der Waals surface area contributed by atoms with Gasteiger partial charge in [0.2, 0.25) is 0 Å². The number of nitriles is 1. The van der Waals surface area contributed by atoms with Gasteiger partial charge in [0.15, 0.2) is 0 Å². The van der Waals surface area contributed by atoms with Crippen LogP contribution in [0, 0.1) is 11.3 Å². The SMILES string of the molecule is C=C1C=C(c2ccc(CC)cc2)Cc2cc(CCCPC)cc(C#N)c21. The first-order chi connectivity index (χ1) is 12.7. The van der Waals surface area contributed by atoms with Crippen LogP contribution in [-0.2, 0) is 19.3 Å². The second-order valence-electron chi connectivity index (χ2n) is 6.92. The molecule has 132 valence electrons.